The van der Waals surface area contributed by atoms with E-state index >= 15 is 0 Å². The molecule has 0 aliphatic rings. The van der Waals surface area contributed by atoms with Crippen molar-refractivity contribution >= 4 is 29.0 Å². The minimum atomic E-state index is -0.892. The van der Waals surface area contributed by atoms with Gasteiger partial charge in [0, 0.05) is 17.3 Å². The molecule has 0 fully saturated rings. The summed E-state index contributed by atoms with van der Waals surface area (Å²) < 4.78 is 27.4. The van der Waals surface area contributed by atoms with E-state index in [1.54, 1.807) is 6.07 Å². The molecule has 3 rings (SSSR count). The van der Waals surface area contributed by atoms with Gasteiger partial charge in [0.1, 0.15) is 17.3 Å². The first-order valence-corrected chi connectivity index (χ1v) is 8.18. The van der Waals surface area contributed by atoms with Gasteiger partial charge in [-0.2, -0.15) is 0 Å². The number of aromatic nitrogens is 2. The summed E-state index contributed by atoms with van der Waals surface area (Å²) in [6.45, 7) is 0. The fourth-order valence-corrected chi connectivity index (χ4v) is 2.54. The van der Waals surface area contributed by atoms with Crippen molar-refractivity contribution in [3.8, 4) is 0 Å². The van der Waals surface area contributed by atoms with Crippen LogP contribution >= 0.6 is 11.6 Å². The Labute approximate surface area is 158 Å². The van der Waals surface area contributed by atoms with Crippen molar-refractivity contribution in [3.05, 3.63) is 88.5 Å². The molecule has 0 saturated carbocycles. The molecule has 2 aromatic carbocycles. The van der Waals surface area contributed by atoms with Gasteiger partial charge in [-0.1, -0.05) is 18.2 Å². The molecule has 0 aliphatic carbocycles. The molecule has 0 spiro atoms. The molecule has 0 bridgehead atoms. The highest BCUT2D eigenvalue weighted by Crippen LogP contribution is 2.19. The summed E-state index contributed by atoms with van der Waals surface area (Å²) in [6.07, 6.45) is 1.40. The number of nitrogens with zero attached hydrogens (tertiary/aromatic N) is 2. The minimum Gasteiger partial charge on any atom is -0.317 e. The Morgan fingerprint density at radius 2 is 1.67 bits per heavy atom. The molecule has 8 heteroatoms. The van der Waals surface area contributed by atoms with Crippen LogP contribution in [-0.2, 0) is 6.42 Å². The molecular weight excluding hydrogens is 376 g/mol. The SMILES string of the molecule is O=C(Cc1ccnc(Cl)n1)c1cccc(C(=O)Nc2c(F)cccc2F)c1. The highest BCUT2D eigenvalue weighted by atomic mass is 35.5. The zero-order valence-corrected chi connectivity index (χ0v) is 14.5. The third-order valence-electron chi connectivity index (χ3n) is 3.67. The molecule has 0 unspecified atom stereocenters. The van der Waals surface area contributed by atoms with E-state index in [2.05, 4.69) is 15.3 Å². The number of halogens is 3. The second-order valence-electron chi connectivity index (χ2n) is 5.55. The Morgan fingerprint density at radius 3 is 2.37 bits per heavy atom. The van der Waals surface area contributed by atoms with E-state index in [4.69, 9.17) is 11.6 Å². The number of carbonyl (C=O) groups is 2. The predicted octanol–water partition coefficient (Wildman–Crippen LogP) is 4.09. The monoisotopic (exact) mass is 387 g/mol. The number of carbonyl (C=O) groups excluding carboxylic acids is 2. The zero-order valence-electron chi connectivity index (χ0n) is 13.7. The molecule has 1 heterocycles. The van der Waals surface area contributed by atoms with Gasteiger partial charge < -0.3 is 5.32 Å². The number of rotatable bonds is 5. The van der Waals surface area contributed by atoms with Crippen molar-refractivity contribution in [2.75, 3.05) is 5.32 Å². The van der Waals surface area contributed by atoms with Crippen molar-refractivity contribution in [1.29, 1.82) is 0 Å². The van der Waals surface area contributed by atoms with E-state index in [9.17, 15) is 18.4 Å². The molecular formula is C19H12ClF2N3O2. The average molecular weight is 388 g/mol. The number of amides is 1. The largest absolute Gasteiger partial charge is 0.317 e. The molecule has 0 atom stereocenters. The molecule has 0 saturated heterocycles. The van der Waals surface area contributed by atoms with Crippen LogP contribution in [0.2, 0.25) is 5.28 Å². The Hall–Kier alpha value is -3.19. The predicted molar refractivity (Wildman–Crippen MR) is 95.8 cm³/mol. The Morgan fingerprint density at radius 1 is 1.00 bits per heavy atom. The van der Waals surface area contributed by atoms with Gasteiger partial charge in [-0.25, -0.2) is 18.7 Å². The van der Waals surface area contributed by atoms with Crippen molar-refractivity contribution in [1.82, 2.24) is 9.97 Å². The van der Waals surface area contributed by atoms with Gasteiger partial charge in [-0.15, -0.1) is 0 Å². The van der Waals surface area contributed by atoms with Gasteiger partial charge in [0.05, 0.1) is 12.1 Å². The maximum absolute atomic E-state index is 13.7. The molecule has 1 aromatic heterocycles. The van der Waals surface area contributed by atoms with Gasteiger partial charge in [0.15, 0.2) is 5.78 Å². The van der Waals surface area contributed by atoms with Gasteiger partial charge in [-0.3, -0.25) is 9.59 Å². The maximum atomic E-state index is 13.7. The number of anilines is 1. The number of para-hydroxylation sites is 1. The Kier molecular flexibility index (Phi) is 5.52. The molecule has 0 radical (unpaired) electrons. The standard InChI is InChI=1S/C19H12ClF2N3O2/c20-19-23-8-7-13(24-19)10-16(26)11-3-1-4-12(9-11)18(27)25-17-14(21)5-2-6-15(17)22/h1-9H,10H2,(H,25,27). The van der Waals surface area contributed by atoms with E-state index in [1.807, 2.05) is 0 Å². The van der Waals surface area contributed by atoms with E-state index < -0.39 is 23.2 Å². The van der Waals surface area contributed by atoms with Gasteiger partial charge in [0.2, 0.25) is 5.28 Å². The van der Waals surface area contributed by atoms with Crippen LogP contribution in [0.15, 0.2) is 54.7 Å². The maximum Gasteiger partial charge on any atom is 0.255 e. The number of nitrogens with one attached hydrogen (secondary N) is 1. The van der Waals surface area contributed by atoms with Crippen LogP contribution in [0.1, 0.15) is 26.4 Å². The third-order valence-corrected chi connectivity index (χ3v) is 3.86. The lowest BCUT2D eigenvalue weighted by atomic mass is 10.0. The van der Waals surface area contributed by atoms with Crippen molar-refractivity contribution in [2.45, 2.75) is 6.42 Å². The van der Waals surface area contributed by atoms with Crippen LogP contribution in [0, 0.1) is 11.6 Å². The van der Waals surface area contributed by atoms with E-state index in [0.717, 1.165) is 12.1 Å². The lowest BCUT2D eigenvalue weighted by Crippen LogP contribution is -2.15. The zero-order chi connectivity index (χ0) is 19.4. The summed E-state index contributed by atoms with van der Waals surface area (Å²) in [6, 6.07) is 10.6. The summed E-state index contributed by atoms with van der Waals surface area (Å²) in [5.74, 6) is -2.82. The second-order valence-corrected chi connectivity index (χ2v) is 5.89. The van der Waals surface area contributed by atoms with E-state index in [-0.39, 0.29) is 28.6 Å². The average Bonchev–Trinajstić information content (AvgIpc) is 2.65. The fraction of sp³-hybridized carbons (Fsp3) is 0.0526. The molecule has 0 aliphatic heterocycles. The van der Waals surface area contributed by atoms with Crippen LogP contribution in [0.4, 0.5) is 14.5 Å². The third kappa shape index (κ3) is 4.51. The summed E-state index contributed by atoms with van der Waals surface area (Å²) >= 11 is 5.70. The van der Waals surface area contributed by atoms with Crippen LogP contribution < -0.4 is 5.32 Å². The lowest BCUT2D eigenvalue weighted by molar-refractivity contribution is 0.0992. The molecule has 1 amide bonds. The summed E-state index contributed by atoms with van der Waals surface area (Å²) in [5, 5.41) is 2.21. The van der Waals surface area contributed by atoms with Crippen LogP contribution in [0.25, 0.3) is 0 Å². The highest BCUT2D eigenvalue weighted by Gasteiger charge is 2.15. The lowest BCUT2D eigenvalue weighted by Gasteiger charge is -2.08. The molecule has 136 valence electrons. The molecule has 1 N–H and O–H groups in total. The van der Waals surface area contributed by atoms with Crippen LogP contribution in [0.5, 0.6) is 0 Å². The number of benzene rings is 2. The van der Waals surface area contributed by atoms with Gasteiger partial charge in [0.25, 0.3) is 5.91 Å². The number of Topliss-reactive ketones (excluding diaryl/α,β-unsaturated/α-hetero) is 1. The smallest absolute Gasteiger partial charge is 0.255 e. The summed E-state index contributed by atoms with van der Waals surface area (Å²) in [4.78, 5) is 32.4. The van der Waals surface area contributed by atoms with E-state index in [0.29, 0.717) is 5.69 Å². The first kappa shape index (κ1) is 18.6. The highest BCUT2D eigenvalue weighted by molar-refractivity contribution is 6.28. The topological polar surface area (TPSA) is 72.0 Å². The van der Waals surface area contributed by atoms with Gasteiger partial charge in [-0.05, 0) is 41.9 Å². The molecule has 3 aromatic rings. The number of hydrogen-bond acceptors (Lipinski definition) is 4. The van der Waals surface area contributed by atoms with Crippen LogP contribution in [0.3, 0.4) is 0 Å². The van der Waals surface area contributed by atoms with Crippen molar-refractivity contribution in [3.63, 3.8) is 0 Å². The van der Waals surface area contributed by atoms with Crippen LogP contribution in [-0.4, -0.2) is 21.7 Å². The number of hydrogen-bond donors (Lipinski definition) is 1. The first-order valence-electron chi connectivity index (χ1n) is 7.80. The Balaban J connectivity index is 1.78. The molecule has 5 nitrogen and oxygen atoms in total. The second kappa shape index (κ2) is 8.01. The normalized spacial score (nSPS) is 10.5. The molecule has 27 heavy (non-hydrogen) atoms. The van der Waals surface area contributed by atoms with Gasteiger partial charge >= 0.3 is 0 Å². The number of ketones is 1. The Bertz CT molecular complexity index is 1010. The minimum absolute atomic E-state index is 0.0281. The van der Waals surface area contributed by atoms with Crippen molar-refractivity contribution < 1.29 is 18.4 Å². The summed E-state index contributed by atoms with van der Waals surface area (Å²) in [5.41, 5.74) is 0.230. The van der Waals surface area contributed by atoms with Crippen molar-refractivity contribution in [2.24, 2.45) is 0 Å². The fourth-order valence-electron chi connectivity index (χ4n) is 2.37. The quantitative estimate of drug-likeness (QED) is 0.528. The summed E-state index contributed by atoms with van der Waals surface area (Å²) in [7, 11) is 0. The van der Waals surface area contributed by atoms with E-state index in [1.165, 1.54) is 36.5 Å². The first-order chi connectivity index (χ1) is 12.9.